The van der Waals surface area contributed by atoms with Gasteiger partial charge >= 0.3 is 0 Å². The number of para-hydroxylation sites is 2. The summed E-state index contributed by atoms with van der Waals surface area (Å²) in [7, 11) is 0. The highest BCUT2D eigenvalue weighted by Crippen LogP contribution is 2.44. The maximum atomic E-state index is 6.56. The van der Waals surface area contributed by atoms with Gasteiger partial charge < -0.3 is 8.98 Å². The summed E-state index contributed by atoms with van der Waals surface area (Å²) in [6.45, 7) is 0. The van der Waals surface area contributed by atoms with E-state index in [1.54, 1.807) is 0 Å². The third-order valence-electron chi connectivity index (χ3n) is 9.66. The van der Waals surface area contributed by atoms with Crippen LogP contribution < -0.4 is 0 Å². The van der Waals surface area contributed by atoms with Crippen LogP contribution in [0.1, 0.15) is 0 Å². The van der Waals surface area contributed by atoms with E-state index in [0.717, 1.165) is 66.5 Å². The monoisotopic (exact) mass is 639 g/mol. The summed E-state index contributed by atoms with van der Waals surface area (Å²) >= 11 is 0. The van der Waals surface area contributed by atoms with Gasteiger partial charge in [-0.2, -0.15) is 0 Å². The van der Waals surface area contributed by atoms with Crippen molar-refractivity contribution in [1.82, 2.24) is 14.5 Å². The number of rotatable bonds is 5. The molecule has 0 unspecified atom stereocenters. The van der Waals surface area contributed by atoms with Crippen molar-refractivity contribution in [2.24, 2.45) is 0 Å². The van der Waals surface area contributed by atoms with Crippen LogP contribution in [0.25, 0.3) is 94.3 Å². The van der Waals surface area contributed by atoms with Crippen molar-refractivity contribution >= 4 is 43.8 Å². The summed E-state index contributed by atoms with van der Waals surface area (Å²) < 4.78 is 8.97. The molecule has 0 fully saturated rings. The van der Waals surface area contributed by atoms with E-state index in [4.69, 9.17) is 9.40 Å². The van der Waals surface area contributed by atoms with Gasteiger partial charge in [-0.25, -0.2) is 4.98 Å². The number of hydrogen-bond donors (Lipinski definition) is 0. The van der Waals surface area contributed by atoms with Crippen LogP contribution in [-0.4, -0.2) is 14.5 Å². The van der Waals surface area contributed by atoms with E-state index >= 15 is 0 Å². The van der Waals surface area contributed by atoms with Gasteiger partial charge in [-0.05, 0) is 76.3 Å². The predicted molar refractivity (Wildman–Crippen MR) is 205 cm³/mol. The average Bonchev–Trinajstić information content (AvgIpc) is 3.78. The fourth-order valence-electron chi connectivity index (χ4n) is 7.40. The number of aromatic nitrogens is 3. The molecule has 0 aliphatic heterocycles. The van der Waals surface area contributed by atoms with E-state index in [2.05, 4.69) is 161 Å². The Morgan fingerprint density at radius 3 is 1.88 bits per heavy atom. The van der Waals surface area contributed by atoms with Gasteiger partial charge in [-0.15, -0.1) is 0 Å². The van der Waals surface area contributed by atoms with Gasteiger partial charge in [0.05, 0.1) is 22.2 Å². The molecule has 10 aromatic rings. The molecule has 0 spiro atoms. The molecule has 0 N–H and O–H groups in total. The smallest absolute Gasteiger partial charge is 0.227 e. The Morgan fingerprint density at radius 1 is 0.460 bits per heavy atom. The van der Waals surface area contributed by atoms with Gasteiger partial charge in [0, 0.05) is 33.5 Å². The Morgan fingerprint density at radius 2 is 1.12 bits per heavy atom. The highest BCUT2D eigenvalue weighted by molar-refractivity contribution is 6.10. The second-order valence-electron chi connectivity index (χ2n) is 12.6. The summed E-state index contributed by atoms with van der Waals surface area (Å²) in [6, 6.07) is 59.9. The normalized spacial score (nSPS) is 11.6. The molecule has 4 nitrogen and oxygen atoms in total. The molecule has 0 amide bonds. The third-order valence-corrected chi connectivity index (χ3v) is 9.66. The van der Waals surface area contributed by atoms with Gasteiger partial charge in [0.25, 0.3) is 0 Å². The summed E-state index contributed by atoms with van der Waals surface area (Å²) in [5.41, 5.74) is 13.3. The van der Waals surface area contributed by atoms with Crippen molar-refractivity contribution in [3.8, 4) is 50.5 Å². The number of pyridine rings is 1. The lowest BCUT2D eigenvalue weighted by molar-refractivity contribution is 0.620. The van der Waals surface area contributed by atoms with Crippen molar-refractivity contribution in [3.05, 3.63) is 176 Å². The van der Waals surface area contributed by atoms with Crippen LogP contribution in [-0.2, 0) is 0 Å². The number of oxazole rings is 1. The molecule has 10 rings (SSSR count). The van der Waals surface area contributed by atoms with Crippen LogP contribution in [0.3, 0.4) is 0 Å². The molecule has 0 aliphatic carbocycles. The first-order chi connectivity index (χ1) is 24.8. The van der Waals surface area contributed by atoms with Crippen molar-refractivity contribution in [3.63, 3.8) is 0 Å². The fraction of sp³-hybridized carbons (Fsp3) is 0. The molecule has 0 aliphatic rings. The van der Waals surface area contributed by atoms with E-state index in [1.165, 1.54) is 16.3 Å². The van der Waals surface area contributed by atoms with E-state index < -0.39 is 0 Å². The number of nitrogens with zero attached hydrogens (tertiary/aromatic N) is 3. The van der Waals surface area contributed by atoms with Gasteiger partial charge in [-0.1, -0.05) is 121 Å². The maximum Gasteiger partial charge on any atom is 0.227 e. The second-order valence-corrected chi connectivity index (χ2v) is 12.6. The number of hydrogen-bond acceptors (Lipinski definition) is 3. The highest BCUT2D eigenvalue weighted by Gasteiger charge is 2.23. The minimum atomic E-state index is 0.557. The molecule has 0 radical (unpaired) electrons. The van der Waals surface area contributed by atoms with E-state index in [1.807, 2.05) is 24.4 Å². The Balaban J connectivity index is 1.34. The predicted octanol–water partition coefficient (Wildman–Crippen LogP) is 12.1. The zero-order valence-corrected chi connectivity index (χ0v) is 27.0. The van der Waals surface area contributed by atoms with E-state index in [0.29, 0.717) is 11.5 Å². The molecule has 234 valence electrons. The minimum absolute atomic E-state index is 0.557. The molecule has 0 saturated carbocycles. The first-order valence-electron chi connectivity index (χ1n) is 16.8. The molecular weight excluding hydrogens is 611 g/mol. The zero-order chi connectivity index (χ0) is 33.0. The van der Waals surface area contributed by atoms with Crippen LogP contribution in [0.4, 0.5) is 0 Å². The largest absolute Gasteiger partial charge is 0.436 e. The molecule has 3 heterocycles. The molecule has 0 saturated heterocycles. The number of benzene rings is 7. The zero-order valence-electron chi connectivity index (χ0n) is 27.0. The fourth-order valence-corrected chi connectivity index (χ4v) is 7.40. The van der Waals surface area contributed by atoms with Crippen LogP contribution in [0, 0.1) is 0 Å². The lowest BCUT2D eigenvalue weighted by Crippen LogP contribution is -2.01. The quantitative estimate of drug-likeness (QED) is 0.188. The maximum absolute atomic E-state index is 6.56. The van der Waals surface area contributed by atoms with Crippen LogP contribution in [0.2, 0.25) is 0 Å². The molecule has 0 atom stereocenters. The Kier molecular flexibility index (Phi) is 6.46. The standard InChI is InChI=1S/C46H29N3O/c1-3-13-30(14-4-1)33-17-11-18-34(27-33)43-38(31-15-5-2-6-16-31)28-35(46-48-45-42(50-46)25-24-32-19-12-26-47-44(32)45)29-41(43)49-39-22-9-7-20-36(39)37-21-8-10-23-40(37)49/h1-29H. The Bertz CT molecular complexity index is 2810. The third kappa shape index (κ3) is 4.54. The molecule has 4 heteroatoms. The highest BCUT2D eigenvalue weighted by atomic mass is 16.3. The SMILES string of the molecule is c1ccc(-c2cccc(-c3c(-c4ccccc4)cc(-c4nc5c(ccc6cccnc65)o4)cc3-n3c4ccccc4c4ccccc43)c2)cc1. The lowest BCUT2D eigenvalue weighted by Gasteiger charge is -2.20. The second kappa shape index (κ2) is 11.4. The van der Waals surface area contributed by atoms with Crippen molar-refractivity contribution in [2.45, 2.75) is 0 Å². The topological polar surface area (TPSA) is 43.9 Å². The van der Waals surface area contributed by atoms with Crippen molar-refractivity contribution < 1.29 is 4.42 Å². The summed E-state index contributed by atoms with van der Waals surface area (Å²) in [6.07, 6.45) is 1.81. The molecule has 3 aromatic heterocycles. The number of fused-ring (bicyclic) bond motifs is 6. The molecular formula is C46H29N3O. The van der Waals surface area contributed by atoms with Crippen molar-refractivity contribution in [2.75, 3.05) is 0 Å². The minimum Gasteiger partial charge on any atom is -0.436 e. The molecule has 7 aromatic carbocycles. The van der Waals surface area contributed by atoms with Crippen LogP contribution in [0.5, 0.6) is 0 Å². The summed E-state index contributed by atoms with van der Waals surface area (Å²) in [4.78, 5) is 9.78. The van der Waals surface area contributed by atoms with Crippen molar-refractivity contribution in [1.29, 1.82) is 0 Å². The Labute approximate surface area is 288 Å². The summed E-state index contributed by atoms with van der Waals surface area (Å²) in [5, 5.41) is 3.45. The van der Waals surface area contributed by atoms with Gasteiger partial charge in [-0.3, -0.25) is 4.98 Å². The summed E-state index contributed by atoms with van der Waals surface area (Å²) in [5.74, 6) is 0.557. The molecule has 0 bridgehead atoms. The van der Waals surface area contributed by atoms with Gasteiger partial charge in [0.2, 0.25) is 5.89 Å². The van der Waals surface area contributed by atoms with E-state index in [-0.39, 0.29) is 0 Å². The first kappa shape index (κ1) is 28.3. The van der Waals surface area contributed by atoms with Crippen LogP contribution in [0.15, 0.2) is 180 Å². The van der Waals surface area contributed by atoms with Crippen LogP contribution >= 0.6 is 0 Å². The lowest BCUT2D eigenvalue weighted by atomic mass is 9.89. The van der Waals surface area contributed by atoms with Gasteiger partial charge in [0.15, 0.2) is 5.58 Å². The molecule has 50 heavy (non-hydrogen) atoms. The van der Waals surface area contributed by atoms with Gasteiger partial charge in [0.1, 0.15) is 5.52 Å². The average molecular weight is 640 g/mol. The Hall–Kier alpha value is -6.78. The first-order valence-corrected chi connectivity index (χ1v) is 16.8. The van der Waals surface area contributed by atoms with E-state index in [9.17, 15) is 0 Å².